The summed E-state index contributed by atoms with van der Waals surface area (Å²) < 4.78 is 10.5. The second-order valence-electron chi connectivity index (χ2n) is 5.92. The van der Waals surface area contributed by atoms with E-state index in [1.807, 2.05) is 13.0 Å². The van der Waals surface area contributed by atoms with Crippen molar-refractivity contribution in [3.63, 3.8) is 0 Å². The van der Waals surface area contributed by atoms with Crippen LogP contribution in [-0.4, -0.2) is 49.4 Å². The average molecular weight is 357 g/mol. The monoisotopic (exact) mass is 357 g/mol. The fraction of sp³-hybridized carbons (Fsp3) is 0.389. The molecule has 0 atom stereocenters. The van der Waals surface area contributed by atoms with Gasteiger partial charge in [-0.1, -0.05) is 0 Å². The number of urea groups is 1. The van der Waals surface area contributed by atoms with E-state index < -0.39 is 0 Å². The number of rotatable bonds is 5. The van der Waals surface area contributed by atoms with E-state index in [0.717, 1.165) is 30.4 Å². The van der Waals surface area contributed by atoms with Crippen molar-refractivity contribution in [3.8, 4) is 5.75 Å². The Bertz CT molecular complexity index is 745. The number of methoxy groups -OCH3 is 1. The van der Waals surface area contributed by atoms with Crippen LogP contribution >= 0.6 is 0 Å². The minimum atomic E-state index is -0.312. The number of carbonyl (C=O) groups excluding carboxylic acids is 1. The number of benzene rings is 1. The molecule has 0 spiro atoms. The van der Waals surface area contributed by atoms with Crippen molar-refractivity contribution in [2.75, 3.05) is 43.6 Å². The van der Waals surface area contributed by atoms with Gasteiger partial charge in [-0.3, -0.25) is 0 Å². The third-order valence-electron chi connectivity index (χ3n) is 3.98. The number of hydrogen-bond acceptors (Lipinski definition) is 6. The number of nitrogens with one attached hydrogen (secondary N) is 2. The molecule has 1 aromatic carbocycles. The van der Waals surface area contributed by atoms with Crippen molar-refractivity contribution in [3.05, 3.63) is 41.9 Å². The Labute approximate surface area is 152 Å². The molecule has 2 aromatic rings. The van der Waals surface area contributed by atoms with Gasteiger partial charge in [-0.25, -0.2) is 14.8 Å². The minimum absolute atomic E-state index is 0.251. The Morgan fingerprint density at radius 2 is 1.96 bits per heavy atom. The van der Waals surface area contributed by atoms with Crippen molar-refractivity contribution in [1.29, 1.82) is 0 Å². The molecular formula is C18H23N5O3. The number of anilines is 2. The predicted molar refractivity (Wildman–Crippen MR) is 98.7 cm³/mol. The normalized spacial score (nSPS) is 14.0. The second kappa shape index (κ2) is 8.48. The number of ether oxygens (including phenoxy) is 2. The van der Waals surface area contributed by atoms with Gasteiger partial charge in [0.15, 0.2) is 0 Å². The van der Waals surface area contributed by atoms with E-state index in [1.54, 1.807) is 31.4 Å². The summed E-state index contributed by atoms with van der Waals surface area (Å²) in [6.45, 7) is 5.18. The number of hydrogen-bond donors (Lipinski definition) is 2. The van der Waals surface area contributed by atoms with Crippen LogP contribution in [0, 0.1) is 6.92 Å². The molecule has 0 aliphatic carbocycles. The van der Waals surface area contributed by atoms with Gasteiger partial charge in [-0.2, -0.15) is 0 Å². The SMILES string of the molecule is COc1ccc(NC(=O)NCc2nc(C)cc(N3CCOCC3)n2)cc1. The van der Waals surface area contributed by atoms with E-state index >= 15 is 0 Å². The maximum absolute atomic E-state index is 12.1. The Morgan fingerprint density at radius 1 is 1.23 bits per heavy atom. The molecule has 0 saturated carbocycles. The van der Waals surface area contributed by atoms with Crippen LogP contribution in [0.1, 0.15) is 11.5 Å². The van der Waals surface area contributed by atoms with E-state index in [9.17, 15) is 4.79 Å². The van der Waals surface area contributed by atoms with Gasteiger partial charge in [-0.15, -0.1) is 0 Å². The highest BCUT2D eigenvalue weighted by Crippen LogP contribution is 2.15. The molecule has 8 nitrogen and oxygen atoms in total. The molecule has 0 unspecified atom stereocenters. The molecule has 1 saturated heterocycles. The smallest absolute Gasteiger partial charge is 0.319 e. The summed E-state index contributed by atoms with van der Waals surface area (Å²) in [5, 5.41) is 5.55. The van der Waals surface area contributed by atoms with Crippen LogP contribution < -0.4 is 20.3 Å². The summed E-state index contributed by atoms with van der Waals surface area (Å²) in [5.74, 6) is 2.18. The van der Waals surface area contributed by atoms with Gasteiger partial charge in [0.25, 0.3) is 0 Å². The molecule has 26 heavy (non-hydrogen) atoms. The van der Waals surface area contributed by atoms with E-state index in [0.29, 0.717) is 24.7 Å². The molecule has 2 heterocycles. The summed E-state index contributed by atoms with van der Waals surface area (Å²) >= 11 is 0. The summed E-state index contributed by atoms with van der Waals surface area (Å²) in [6.07, 6.45) is 0. The van der Waals surface area contributed by atoms with Gasteiger partial charge in [0.2, 0.25) is 0 Å². The number of aryl methyl sites for hydroxylation is 1. The summed E-state index contributed by atoms with van der Waals surface area (Å²) in [7, 11) is 1.60. The van der Waals surface area contributed by atoms with Crippen LogP contribution in [0.5, 0.6) is 5.75 Å². The summed E-state index contributed by atoms with van der Waals surface area (Å²) in [6, 6.07) is 8.76. The van der Waals surface area contributed by atoms with Crippen molar-refractivity contribution in [2.24, 2.45) is 0 Å². The van der Waals surface area contributed by atoms with Gasteiger partial charge in [-0.05, 0) is 31.2 Å². The maximum atomic E-state index is 12.1. The second-order valence-corrected chi connectivity index (χ2v) is 5.92. The quantitative estimate of drug-likeness (QED) is 0.850. The molecule has 0 radical (unpaired) electrons. The van der Waals surface area contributed by atoms with E-state index in [-0.39, 0.29) is 12.6 Å². The third kappa shape index (κ3) is 4.82. The highest BCUT2D eigenvalue weighted by molar-refractivity contribution is 5.89. The third-order valence-corrected chi connectivity index (χ3v) is 3.98. The number of aromatic nitrogens is 2. The van der Waals surface area contributed by atoms with E-state index in [2.05, 4.69) is 25.5 Å². The molecule has 2 N–H and O–H groups in total. The molecule has 3 rings (SSSR count). The Hall–Kier alpha value is -2.87. The number of amides is 2. The molecule has 1 aliphatic heterocycles. The molecule has 1 aliphatic rings. The van der Waals surface area contributed by atoms with Crippen LogP contribution in [0.2, 0.25) is 0 Å². The van der Waals surface area contributed by atoms with Crippen molar-refractivity contribution >= 4 is 17.5 Å². The zero-order chi connectivity index (χ0) is 18.4. The lowest BCUT2D eigenvalue weighted by atomic mass is 10.3. The fourth-order valence-electron chi connectivity index (χ4n) is 2.65. The maximum Gasteiger partial charge on any atom is 0.319 e. The first-order valence-corrected chi connectivity index (χ1v) is 8.50. The molecule has 0 bridgehead atoms. The lowest BCUT2D eigenvalue weighted by Gasteiger charge is -2.28. The van der Waals surface area contributed by atoms with E-state index in [4.69, 9.17) is 9.47 Å². The van der Waals surface area contributed by atoms with Gasteiger partial charge >= 0.3 is 6.03 Å². The van der Waals surface area contributed by atoms with E-state index in [1.165, 1.54) is 0 Å². The first-order valence-electron chi connectivity index (χ1n) is 8.50. The predicted octanol–water partition coefficient (Wildman–Crippen LogP) is 1.95. The van der Waals surface area contributed by atoms with Gasteiger partial charge in [0.05, 0.1) is 26.9 Å². The minimum Gasteiger partial charge on any atom is -0.497 e. The Kier molecular flexibility index (Phi) is 5.85. The lowest BCUT2D eigenvalue weighted by Crippen LogP contribution is -2.37. The van der Waals surface area contributed by atoms with Crippen molar-refractivity contribution in [2.45, 2.75) is 13.5 Å². The Balaban J connectivity index is 1.57. The highest BCUT2D eigenvalue weighted by atomic mass is 16.5. The molecule has 1 aromatic heterocycles. The number of nitrogens with zero attached hydrogens (tertiary/aromatic N) is 3. The van der Waals surface area contributed by atoms with Crippen molar-refractivity contribution in [1.82, 2.24) is 15.3 Å². The molecule has 138 valence electrons. The molecule has 1 fully saturated rings. The van der Waals surface area contributed by atoms with Gasteiger partial charge in [0.1, 0.15) is 17.4 Å². The average Bonchev–Trinajstić information content (AvgIpc) is 2.67. The van der Waals surface area contributed by atoms with Crippen LogP contribution in [0.25, 0.3) is 0 Å². The summed E-state index contributed by atoms with van der Waals surface area (Å²) in [5.41, 5.74) is 1.55. The molecular weight excluding hydrogens is 334 g/mol. The van der Waals surface area contributed by atoms with Crippen LogP contribution in [0.3, 0.4) is 0 Å². The van der Waals surface area contributed by atoms with Gasteiger partial charge in [0, 0.05) is 30.5 Å². The lowest BCUT2D eigenvalue weighted by molar-refractivity contribution is 0.122. The van der Waals surface area contributed by atoms with Crippen LogP contribution in [0.4, 0.5) is 16.3 Å². The fourth-order valence-corrected chi connectivity index (χ4v) is 2.65. The number of morpholine rings is 1. The summed E-state index contributed by atoms with van der Waals surface area (Å²) in [4.78, 5) is 23.2. The standard InChI is InChI=1S/C18H23N5O3/c1-13-11-17(23-7-9-26-10-8-23)22-16(20-13)12-19-18(24)21-14-3-5-15(25-2)6-4-14/h3-6,11H,7-10,12H2,1-2H3,(H2,19,21,24). The zero-order valence-corrected chi connectivity index (χ0v) is 15.0. The largest absolute Gasteiger partial charge is 0.497 e. The first-order chi connectivity index (χ1) is 12.6. The zero-order valence-electron chi connectivity index (χ0n) is 15.0. The first kappa shape index (κ1) is 17.9. The topological polar surface area (TPSA) is 88.6 Å². The molecule has 2 amide bonds. The van der Waals surface area contributed by atoms with Crippen molar-refractivity contribution < 1.29 is 14.3 Å². The van der Waals surface area contributed by atoms with Crippen LogP contribution in [-0.2, 0) is 11.3 Å². The van der Waals surface area contributed by atoms with Crippen LogP contribution in [0.15, 0.2) is 30.3 Å². The Morgan fingerprint density at radius 3 is 2.65 bits per heavy atom. The highest BCUT2D eigenvalue weighted by Gasteiger charge is 2.14. The molecule has 8 heteroatoms. The number of carbonyl (C=O) groups is 1. The van der Waals surface area contributed by atoms with Gasteiger partial charge < -0.3 is 25.0 Å².